The van der Waals surface area contributed by atoms with Gasteiger partial charge in [0, 0.05) is 24.1 Å². The number of para-hydroxylation sites is 1. The molecule has 2 aromatic rings. The Morgan fingerprint density at radius 2 is 2.17 bits per heavy atom. The quantitative estimate of drug-likeness (QED) is 0.719. The highest BCUT2D eigenvalue weighted by Gasteiger charge is 2.30. The van der Waals surface area contributed by atoms with Gasteiger partial charge in [-0.2, -0.15) is 0 Å². The Bertz CT molecular complexity index is 969. The summed E-state index contributed by atoms with van der Waals surface area (Å²) >= 11 is 1.33. The van der Waals surface area contributed by atoms with Gasteiger partial charge in [0.15, 0.2) is 0 Å². The van der Waals surface area contributed by atoms with Gasteiger partial charge in [-0.25, -0.2) is 0 Å². The number of carbonyl (C=O) groups is 2. The van der Waals surface area contributed by atoms with Crippen LogP contribution in [0.3, 0.4) is 0 Å². The normalized spacial score (nSPS) is 19.6. The number of rotatable bonds is 6. The molecule has 0 unspecified atom stereocenters. The molecule has 1 atom stereocenters. The number of fused-ring (bicyclic) bond motifs is 1. The number of nitrogens with zero attached hydrogens (tertiary/aromatic N) is 1. The van der Waals surface area contributed by atoms with Crippen LogP contribution in [0.15, 0.2) is 64.4 Å². The Kier molecular flexibility index (Phi) is 6.40. The molecule has 0 aromatic heterocycles. The second-order valence-corrected chi connectivity index (χ2v) is 8.29. The lowest BCUT2D eigenvalue weighted by Gasteiger charge is -2.30. The number of nitrogens with one attached hydrogen (secondary N) is 1. The van der Waals surface area contributed by atoms with Crippen LogP contribution in [0.1, 0.15) is 18.4 Å². The number of thioether (sulfide) groups is 1. The summed E-state index contributed by atoms with van der Waals surface area (Å²) < 4.78 is 10.8. The first-order valence-electron chi connectivity index (χ1n) is 9.97. The molecular weight excluding hydrogens is 400 g/mol. The van der Waals surface area contributed by atoms with E-state index in [4.69, 9.17) is 9.47 Å². The van der Waals surface area contributed by atoms with E-state index < -0.39 is 0 Å². The molecule has 0 bridgehead atoms. The van der Waals surface area contributed by atoms with Crippen molar-refractivity contribution in [2.45, 2.75) is 30.4 Å². The second-order valence-electron chi connectivity index (χ2n) is 7.20. The molecule has 2 aromatic carbocycles. The molecule has 7 heteroatoms. The van der Waals surface area contributed by atoms with Crippen LogP contribution in [0, 0.1) is 0 Å². The fourth-order valence-electron chi connectivity index (χ4n) is 3.56. The van der Waals surface area contributed by atoms with E-state index in [1.165, 1.54) is 17.8 Å². The summed E-state index contributed by atoms with van der Waals surface area (Å²) in [4.78, 5) is 28.7. The van der Waals surface area contributed by atoms with E-state index in [0.29, 0.717) is 18.0 Å². The Morgan fingerprint density at radius 1 is 1.30 bits per heavy atom. The lowest BCUT2D eigenvalue weighted by atomic mass is 10.1. The number of hydrogen-bond donors (Lipinski definition) is 1. The van der Waals surface area contributed by atoms with Crippen LogP contribution >= 0.6 is 11.8 Å². The zero-order valence-electron chi connectivity index (χ0n) is 16.8. The van der Waals surface area contributed by atoms with E-state index in [-0.39, 0.29) is 17.9 Å². The van der Waals surface area contributed by atoms with Crippen molar-refractivity contribution < 1.29 is 19.1 Å². The highest BCUT2D eigenvalue weighted by molar-refractivity contribution is 8.04. The lowest BCUT2D eigenvalue weighted by Crippen LogP contribution is -2.35. The first kappa shape index (κ1) is 20.5. The third-order valence-corrected chi connectivity index (χ3v) is 6.17. The number of hydrogen-bond acceptors (Lipinski definition) is 5. The van der Waals surface area contributed by atoms with Crippen LogP contribution in [0.2, 0.25) is 0 Å². The maximum absolute atomic E-state index is 13.2. The van der Waals surface area contributed by atoms with E-state index in [9.17, 15) is 9.59 Å². The number of amides is 2. The molecule has 6 nitrogen and oxygen atoms in total. The van der Waals surface area contributed by atoms with E-state index >= 15 is 0 Å². The maximum atomic E-state index is 13.2. The highest BCUT2D eigenvalue weighted by Crippen LogP contribution is 2.41. The van der Waals surface area contributed by atoms with Gasteiger partial charge in [0.25, 0.3) is 5.91 Å². The smallest absolute Gasteiger partial charge is 0.265 e. The summed E-state index contributed by atoms with van der Waals surface area (Å²) in [5.41, 5.74) is 1.79. The molecule has 2 aliphatic heterocycles. The van der Waals surface area contributed by atoms with Crippen molar-refractivity contribution >= 4 is 29.3 Å². The lowest BCUT2D eigenvalue weighted by molar-refractivity contribution is -0.118. The van der Waals surface area contributed by atoms with Crippen LogP contribution in [-0.2, 0) is 20.9 Å². The number of benzene rings is 2. The molecular formula is C23H24N2O4S. The summed E-state index contributed by atoms with van der Waals surface area (Å²) in [7, 11) is 1.62. The molecule has 4 rings (SSSR count). The molecule has 0 radical (unpaired) electrons. The van der Waals surface area contributed by atoms with Gasteiger partial charge in [-0.05, 0) is 42.7 Å². The zero-order valence-corrected chi connectivity index (χ0v) is 17.6. The third kappa shape index (κ3) is 4.68. The first-order chi connectivity index (χ1) is 14.6. The molecule has 0 aliphatic carbocycles. The topological polar surface area (TPSA) is 67.9 Å². The number of ether oxygens (including phenoxy) is 2. The molecule has 156 valence electrons. The number of methoxy groups -OCH3 is 1. The van der Waals surface area contributed by atoms with Crippen molar-refractivity contribution in [3.8, 4) is 5.75 Å². The minimum atomic E-state index is -0.276. The van der Waals surface area contributed by atoms with E-state index in [1.807, 2.05) is 48.5 Å². The van der Waals surface area contributed by atoms with Crippen LogP contribution in [0.4, 0.5) is 5.69 Å². The zero-order chi connectivity index (χ0) is 20.9. The largest absolute Gasteiger partial charge is 0.497 e. The minimum Gasteiger partial charge on any atom is -0.497 e. The van der Waals surface area contributed by atoms with Crippen molar-refractivity contribution in [1.29, 1.82) is 0 Å². The van der Waals surface area contributed by atoms with E-state index in [2.05, 4.69) is 5.32 Å². The average Bonchev–Trinajstić information content (AvgIpc) is 3.29. The predicted molar refractivity (Wildman–Crippen MR) is 117 cm³/mol. The summed E-state index contributed by atoms with van der Waals surface area (Å²) in [5, 5.41) is 2.86. The molecule has 0 saturated carbocycles. The Morgan fingerprint density at radius 3 is 2.97 bits per heavy atom. The molecule has 1 saturated heterocycles. The fraction of sp³-hybridized carbons (Fsp3) is 0.304. The molecule has 2 aliphatic rings. The van der Waals surface area contributed by atoms with Crippen LogP contribution in [0.5, 0.6) is 5.75 Å². The van der Waals surface area contributed by atoms with E-state index in [1.54, 1.807) is 12.0 Å². The van der Waals surface area contributed by atoms with Crippen molar-refractivity contribution in [2.24, 2.45) is 0 Å². The SMILES string of the molecule is COc1cccc(CN2C(=O)/C(=C\C(=O)NC[C@@H]3CCCO3)Sc3ccccc32)c1. The van der Waals surface area contributed by atoms with Gasteiger partial charge in [0.2, 0.25) is 5.91 Å². The summed E-state index contributed by atoms with van der Waals surface area (Å²) in [6.45, 7) is 1.60. The Hall–Kier alpha value is -2.77. The van der Waals surface area contributed by atoms with E-state index in [0.717, 1.165) is 41.3 Å². The summed E-state index contributed by atoms with van der Waals surface area (Å²) in [6, 6.07) is 15.4. The monoisotopic (exact) mass is 424 g/mol. The summed E-state index contributed by atoms with van der Waals surface area (Å²) in [6.07, 6.45) is 3.43. The van der Waals surface area contributed by atoms with Gasteiger partial charge in [0.1, 0.15) is 5.75 Å². The fourth-order valence-corrected chi connectivity index (χ4v) is 4.59. The van der Waals surface area contributed by atoms with Gasteiger partial charge in [-0.15, -0.1) is 0 Å². The number of anilines is 1. The van der Waals surface area contributed by atoms with Crippen LogP contribution < -0.4 is 15.0 Å². The van der Waals surface area contributed by atoms with Gasteiger partial charge >= 0.3 is 0 Å². The van der Waals surface area contributed by atoms with Crippen molar-refractivity contribution in [3.05, 3.63) is 65.1 Å². The average molecular weight is 425 g/mol. The molecule has 0 spiro atoms. The molecule has 2 amide bonds. The first-order valence-corrected chi connectivity index (χ1v) is 10.8. The predicted octanol–water partition coefficient (Wildman–Crippen LogP) is 3.51. The third-order valence-electron chi connectivity index (χ3n) is 5.10. The van der Waals surface area contributed by atoms with Gasteiger partial charge in [-0.1, -0.05) is 36.0 Å². The van der Waals surface area contributed by atoms with Crippen molar-refractivity contribution in [1.82, 2.24) is 5.32 Å². The highest BCUT2D eigenvalue weighted by atomic mass is 32.2. The van der Waals surface area contributed by atoms with Crippen molar-refractivity contribution in [2.75, 3.05) is 25.2 Å². The maximum Gasteiger partial charge on any atom is 0.265 e. The molecule has 1 fully saturated rings. The van der Waals surface area contributed by atoms with Crippen LogP contribution in [-0.4, -0.2) is 38.2 Å². The molecule has 30 heavy (non-hydrogen) atoms. The Labute approximate surface area is 180 Å². The van der Waals surface area contributed by atoms with Gasteiger partial charge in [-0.3, -0.25) is 9.59 Å². The second kappa shape index (κ2) is 9.36. The van der Waals surface area contributed by atoms with Crippen molar-refractivity contribution in [3.63, 3.8) is 0 Å². The van der Waals surface area contributed by atoms with Crippen LogP contribution in [0.25, 0.3) is 0 Å². The molecule has 2 heterocycles. The standard InChI is InChI=1S/C23H24N2O4S/c1-28-17-7-4-6-16(12-17)15-25-19-9-2-3-10-20(19)30-21(23(25)27)13-22(26)24-14-18-8-5-11-29-18/h2-4,6-7,9-10,12-13,18H,5,8,11,14-15H2,1H3,(H,24,26)/b21-13+/t18-/m0/s1. The molecule has 1 N–H and O–H groups in total. The van der Waals surface area contributed by atoms with Gasteiger partial charge < -0.3 is 19.7 Å². The summed E-state index contributed by atoms with van der Waals surface area (Å²) in [5.74, 6) is 0.278. The minimum absolute atomic E-state index is 0.0624. The number of carbonyl (C=O) groups excluding carboxylic acids is 2. The Balaban J connectivity index is 1.54. The van der Waals surface area contributed by atoms with Gasteiger partial charge in [0.05, 0.1) is 30.4 Å².